The second kappa shape index (κ2) is 6.08. The molecule has 0 spiro atoms. The lowest BCUT2D eigenvalue weighted by Gasteiger charge is -2.07. The second-order valence-corrected chi connectivity index (χ2v) is 5.19. The number of H-pyrrole nitrogens is 1. The first-order valence-corrected chi connectivity index (χ1v) is 7.02. The summed E-state index contributed by atoms with van der Waals surface area (Å²) >= 11 is 6.13. The highest BCUT2D eigenvalue weighted by Crippen LogP contribution is 2.18. The average molecular weight is 300 g/mol. The second-order valence-electron chi connectivity index (χ2n) is 4.79. The van der Waals surface area contributed by atoms with Crippen molar-refractivity contribution >= 4 is 22.5 Å². The summed E-state index contributed by atoms with van der Waals surface area (Å²) in [6, 6.07) is 10.8. The number of halogens is 1. The van der Waals surface area contributed by atoms with Crippen molar-refractivity contribution in [3.63, 3.8) is 0 Å². The van der Waals surface area contributed by atoms with Gasteiger partial charge in [-0.2, -0.15) is 0 Å². The molecule has 21 heavy (non-hydrogen) atoms. The van der Waals surface area contributed by atoms with E-state index in [2.05, 4.69) is 15.3 Å². The molecule has 0 aliphatic heterocycles. The number of hydrogen-bond acceptors (Lipinski definition) is 3. The SMILES string of the molecule is O=c1cc(CNCc2cccnc2)[nH]c2c(Cl)cccc12. The van der Waals surface area contributed by atoms with Crippen molar-refractivity contribution in [2.45, 2.75) is 13.1 Å². The van der Waals surface area contributed by atoms with Crippen molar-refractivity contribution in [3.05, 3.63) is 75.3 Å². The maximum absolute atomic E-state index is 12.1. The molecule has 4 nitrogen and oxygen atoms in total. The van der Waals surface area contributed by atoms with Crippen molar-refractivity contribution in [3.8, 4) is 0 Å². The average Bonchev–Trinajstić information content (AvgIpc) is 2.50. The van der Waals surface area contributed by atoms with E-state index < -0.39 is 0 Å². The van der Waals surface area contributed by atoms with Gasteiger partial charge in [-0.15, -0.1) is 0 Å². The summed E-state index contributed by atoms with van der Waals surface area (Å²) < 4.78 is 0. The Morgan fingerprint density at radius 2 is 2.10 bits per heavy atom. The van der Waals surface area contributed by atoms with E-state index in [9.17, 15) is 4.79 Å². The zero-order chi connectivity index (χ0) is 14.7. The van der Waals surface area contributed by atoms with Gasteiger partial charge < -0.3 is 10.3 Å². The Hall–Kier alpha value is -2.17. The fourth-order valence-electron chi connectivity index (χ4n) is 2.23. The van der Waals surface area contributed by atoms with Crippen LogP contribution < -0.4 is 10.7 Å². The first kappa shape index (κ1) is 13.8. The molecule has 0 aliphatic rings. The molecule has 3 aromatic rings. The highest BCUT2D eigenvalue weighted by atomic mass is 35.5. The Bertz CT molecular complexity index is 815. The lowest BCUT2D eigenvalue weighted by atomic mass is 10.2. The summed E-state index contributed by atoms with van der Waals surface area (Å²) in [7, 11) is 0. The van der Waals surface area contributed by atoms with Crippen LogP contribution in [-0.2, 0) is 13.1 Å². The zero-order valence-electron chi connectivity index (χ0n) is 11.3. The number of rotatable bonds is 4. The molecule has 0 fully saturated rings. The number of hydrogen-bond donors (Lipinski definition) is 2. The highest BCUT2D eigenvalue weighted by Gasteiger charge is 2.05. The van der Waals surface area contributed by atoms with Crippen LogP contribution in [0.2, 0.25) is 5.02 Å². The van der Waals surface area contributed by atoms with Gasteiger partial charge in [0.15, 0.2) is 5.43 Å². The molecule has 0 amide bonds. The van der Waals surface area contributed by atoms with Gasteiger partial charge in [0.2, 0.25) is 0 Å². The molecule has 2 heterocycles. The van der Waals surface area contributed by atoms with Gasteiger partial charge in [-0.3, -0.25) is 9.78 Å². The monoisotopic (exact) mass is 299 g/mol. The molecule has 0 saturated carbocycles. The van der Waals surface area contributed by atoms with Crippen LogP contribution in [0.4, 0.5) is 0 Å². The third-order valence-electron chi connectivity index (χ3n) is 3.24. The number of nitrogens with one attached hydrogen (secondary N) is 2. The molecule has 3 rings (SSSR count). The number of benzene rings is 1. The molecule has 2 aromatic heterocycles. The third-order valence-corrected chi connectivity index (χ3v) is 3.55. The predicted molar refractivity (Wildman–Crippen MR) is 84.4 cm³/mol. The first-order chi connectivity index (χ1) is 10.2. The van der Waals surface area contributed by atoms with Crippen molar-refractivity contribution in [1.29, 1.82) is 0 Å². The Labute approximate surface area is 126 Å². The van der Waals surface area contributed by atoms with Crippen LogP contribution >= 0.6 is 11.6 Å². The van der Waals surface area contributed by atoms with Crippen LogP contribution in [-0.4, -0.2) is 9.97 Å². The molecule has 0 saturated heterocycles. The summed E-state index contributed by atoms with van der Waals surface area (Å²) in [5, 5.41) is 4.44. The molecule has 5 heteroatoms. The van der Waals surface area contributed by atoms with Crippen LogP contribution in [0.15, 0.2) is 53.6 Å². The van der Waals surface area contributed by atoms with Gasteiger partial charge in [0, 0.05) is 42.6 Å². The summed E-state index contributed by atoms with van der Waals surface area (Å²) in [4.78, 5) is 19.3. The number of para-hydroxylation sites is 1. The van der Waals surface area contributed by atoms with E-state index >= 15 is 0 Å². The van der Waals surface area contributed by atoms with Crippen molar-refractivity contribution in [2.75, 3.05) is 0 Å². The number of aromatic nitrogens is 2. The normalized spacial score (nSPS) is 10.9. The van der Waals surface area contributed by atoms with Crippen LogP contribution in [0.25, 0.3) is 10.9 Å². The van der Waals surface area contributed by atoms with Crippen LogP contribution in [0, 0.1) is 0 Å². The quantitative estimate of drug-likeness (QED) is 0.779. The minimum absolute atomic E-state index is 0.0237. The van der Waals surface area contributed by atoms with Crippen LogP contribution in [0.5, 0.6) is 0 Å². The van der Waals surface area contributed by atoms with Gasteiger partial charge in [-0.25, -0.2) is 0 Å². The van der Waals surface area contributed by atoms with E-state index in [4.69, 9.17) is 11.6 Å². The number of aromatic amines is 1. The number of fused-ring (bicyclic) bond motifs is 1. The third kappa shape index (κ3) is 3.12. The molecular formula is C16H14ClN3O. The van der Waals surface area contributed by atoms with Crippen LogP contribution in [0.1, 0.15) is 11.3 Å². The summed E-state index contributed by atoms with van der Waals surface area (Å²) in [5.74, 6) is 0. The van der Waals surface area contributed by atoms with E-state index in [1.807, 2.05) is 18.3 Å². The maximum atomic E-state index is 12.1. The standard InChI is InChI=1S/C16H14ClN3O/c17-14-5-1-4-13-15(21)7-12(20-16(13)14)10-19-9-11-3-2-6-18-8-11/h1-8,19H,9-10H2,(H,20,21). The minimum Gasteiger partial charge on any atom is -0.356 e. The molecule has 1 aromatic carbocycles. The van der Waals surface area contributed by atoms with Crippen molar-refractivity contribution < 1.29 is 0 Å². The maximum Gasteiger partial charge on any atom is 0.189 e. The molecule has 0 atom stereocenters. The molecule has 0 radical (unpaired) electrons. The van der Waals surface area contributed by atoms with Gasteiger partial charge in [-0.05, 0) is 23.8 Å². The van der Waals surface area contributed by atoms with Crippen molar-refractivity contribution in [2.24, 2.45) is 0 Å². The van der Waals surface area contributed by atoms with E-state index in [0.29, 0.717) is 29.0 Å². The molecule has 0 unspecified atom stereocenters. The number of nitrogens with zero attached hydrogens (tertiary/aromatic N) is 1. The van der Waals surface area contributed by atoms with E-state index in [1.165, 1.54) is 0 Å². The Morgan fingerprint density at radius 1 is 1.19 bits per heavy atom. The fourth-order valence-corrected chi connectivity index (χ4v) is 2.45. The molecule has 2 N–H and O–H groups in total. The summed E-state index contributed by atoms with van der Waals surface area (Å²) in [6.07, 6.45) is 3.55. The van der Waals surface area contributed by atoms with Gasteiger partial charge >= 0.3 is 0 Å². The Morgan fingerprint density at radius 3 is 2.90 bits per heavy atom. The van der Waals surface area contributed by atoms with Gasteiger partial charge in [0.1, 0.15) is 0 Å². The first-order valence-electron chi connectivity index (χ1n) is 6.64. The van der Waals surface area contributed by atoms with Gasteiger partial charge in [0.05, 0.1) is 10.5 Å². The zero-order valence-corrected chi connectivity index (χ0v) is 12.0. The predicted octanol–water partition coefficient (Wildman–Crippen LogP) is 2.87. The smallest absolute Gasteiger partial charge is 0.189 e. The summed E-state index contributed by atoms with van der Waals surface area (Å²) in [5.41, 5.74) is 2.57. The van der Waals surface area contributed by atoms with E-state index in [1.54, 1.807) is 30.5 Å². The van der Waals surface area contributed by atoms with Gasteiger partial charge in [0.25, 0.3) is 0 Å². The topological polar surface area (TPSA) is 57.8 Å². The summed E-state index contributed by atoms with van der Waals surface area (Å²) in [6.45, 7) is 1.25. The lowest BCUT2D eigenvalue weighted by molar-refractivity contribution is 0.679. The Kier molecular flexibility index (Phi) is 3.99. The van der Waals surface area contributed by atoms with E-state index in [0.717, 1.165) is 11.3 Å². The Balaban J connectivity index is 1.79. The van der Waals surface area contributed by atoms with Gasteiger partial charge in [-0.1, -0.05) is 23.7 Å². The molecule has 0 aliphatic carbocycles. The lowest BCUT2D eigenvalue weighted by Crippen LogP contribution is -2.16. The van der Waals surface area contributed by atoms with E-state index in [-0.39, 0.29) is 5.43 Å². The molecule has 106 valence electrons. The molecular weight excluding hydrogens is 286 g/mol. The molecule has 0 bridgehead atoms. The van der Waals surface area contributed by atoms with Crippen molar-refractivity contribution in [1.82, 2.24) is 15.3 Å². The largest absolute Gasteiger partial charge is 0.356 e. The number of pyridine rings is 2. The fraction of sp³-hybridized carbons (Fsp3) is 0.125. The highest BCUT2D eigenvalue weighted by molar-refractivity contribution is 6.35. The minimum atomic E-state index is -0.0237. The van der Waals surface area contributed by atoms with Crippen LogP contribution in [0.3, 0.4) is 0 Å².